The predicted molar refractivity (Wildman–Crippen MR) is 50.0 cm³/mol. The molecule has 0 aromatic rings. The first-order valence-corrected chi connectivity index (χ1v) is 3.86. The summed E-state index contributed by atoms with van der Waals surface area (Å²) in [6.45, 7) is 7.11. The van der Waals surface area contributed by atoms with Crippen molar-refractivity contribution in [2.75, 3.05) is 0 Å². The van der Waals surface area contributed by atoms with E-state index >= 15 is 0 Å². The lowest BCUT2D eigenvalue weighted by molar-refractivity contribution is -0.132. The van der Waals surface area contributed by atoms with E-state index in [1.54, 1.807) is 19.1 Å². The van der Waals surface area contributed by atoms with Crippen LogP contribution in [-0.2, 0) is 4.79 Å². The lowest BCUT2D eigenvalue weighted by Crippen LogP contribution is -1.98. The molecule has 0 spiro atoms. The molecule has 0 rings (SSSR count). The van der Waals surface area contributed by atoms with Crippen molar-refractivity contribution in [1.82, 2.24) is 0 Å². The summed E-state index contributed by atoms with van der Waals surface area (Å²) in [4.78, 5) is 10.5. The summed E-state index contributed by atoms with van der Waals surface area (Å²) >= 11 is 0. The molecule has 0 aromatic carbocycles. The van der Waals surface area contributed by atoms with Crippen LogP contribution < -0.4 is 0 Å². The van der Waals surface area contributed by atoms with Gasteiger partial charge < -0.3 is 5.11 Å². The number of rotatable bonds is 4. The average molecular weight is 166 g/mol. The number of carboxylic acids is 1. The second kappa shape index (κ2) is 5.35. The van der Waals surface area contributed by atoms with E-state index in [1.807, 2.05) is 13.0 Å². The molecule has 1 N–H and O–H groups in total. The molecule has 0 aliphatic carbocycles. The number of carbonyl (C=O) groups is 1. The molecule has 2 nitrogen and oxygen atoms in total. The molecule has 0 amide bonds. The van der Waals surface area contributed by atoms with Crippen LogP contribution in [0.25, 0.3) is 0 Å². The van der Waals surface area contributed by atoms with E-state index in [4.69, 9.17) is 5.11 Å². The third kappa shape index (κ3) is 3.19. The van der Waals surface area contributed by atoms with Crippen molar-refractivity contribution < 1.29 is 9.90 Å². The van der Waals surface area contributed by atoms with Crippen molar-refractivity contribution in [2.24, 2.45) is 0 Å². The molecular weight excluding hydrogens is 152 g/mol. The molecule has 0 aromatic heterocycles. The van der Waals surface area contributed by atoms with Gasteiger partial charge in [0.2, 0.25) is 0 Å². The first-order valence-electron chi connectivity index (χ1n) is 3.86. The Morgan fingerprint density at radius 2 is 2.17 bits per heavy atom. The van der Waals surface area contributed by atoms with Gasteiger partial charge in [-0.15, -0.1) is 0 Å². The molecule has 0 heterocycles. The monoisotopic (exact) mass is 166 g/mol. The summed E-state index contributed by atoms with van der Waals surface area (Å²) in [6.07, 6.45) is 6.12. The van der Waals surface area contributed by atoms with Crippen LogP contribution in [0.2, 0.25) is 0 Å². The van der Waals surface area contributed by atoms with Crippen LogP contribution in [0.15, 0.2) is 36.0 Å². The molecule has 12 heavy (non-hydrogen) atoms. The number of aliphatic carboxylic acids is 1. The molecule has 0 fully saturated rings. The van der Waals surface area contributed by atoms with E-state index in [1.165, 1.54) is 0 Å². The van der Waals surface area contributed by atoms with Gasteiger partial charge in [0, 0.05) is 5.57 Å². The zero-order valence-corrected chi connectivity index (χ0v) is 7.50. The van der Waals surface area contributed by atoms with Gasteiger partial charge in [-0.05, 0) is 18.9 Å². The van der Waals surface area contributed by atoms with Crippen LogP contribution in [0.1, 0.15) is 20.3 Å². The van der Waals surface area contributed by atoms with Crippen LogP contribution in [-0.4, -0.2) is 11.1 Å². The van der Waals surface area contributed by atoms with Gasteiger partial charge in [0.15, 0.2) is 0 Å². The third-order valence-electron chi connectivity index (χ3n) is 1.51. The highest BCUT2D eigenvalue weighted by Gasteiger charge is 2.02. The van der Waals surface area contributed by atoms with E-state index in [0.717, 1.165) is 6.42 Å². The van der Waals surface area contributed by atoms with E-state index in [9.17, 15) is 4.79 Å². The molecule has 0 atom stereocenters. The minimum atomic E-state index is -0.898. The third-order valence-corrected chi connectivity index (χ3v) is 1.51. The lowest BCUT2D eigenvalue weighted by Gasteiger charge is -1.97. The minimum Gasteiger partial charge on any atom is -0.478 e. The van der Waals surface area contributed by atoms with Gasteiger partial charge in [0.25, 0.3) is 0 Å². The quantitative estimate of drug-likeness (QED) is 0.514. The van der Waals surface area contributed by atoms with Gasteiger partial charge in [-0.1, -0.05) is 31.7 Å². The Hall–Kier alpha value is -1.31. The van der Waals surface area contributed by atoms with Gasteiger partial charge in [0.05, 0.1) is 0 Å². The zero-order valence-electron chi connectivity index (χ0n) is 7.50. The van der Waals surface area contributed by atoms with Crippen LogP contribution in [0.3, 0.4) is 0 Å². The maximum absolute atomic E-state index is 10.5. The van der Waals surface area contributed by atoms with Crippen LogP contribution in [0.4, 0.5) is 0 Å². The molecular formula is C10H14O2. The molecule has 0 aliphatic rings. The second-order valence-electron chi connectivity index (χ2n) is 2.40. The maximum Gasteiger partial charge on any atom is 0.331 e. The molecule has 66 valence electrons. The Labute approximate surface area is 72.9 Å². The van der Waals surface area contributed by atoms with Crippen molar-refractivity contribution in [3.63, 3.8) is 0 Å². The number of hydrogen-bond donors (Lipinski definition) is 1. The van der Waals surface area contributed by atoms with Crippen molar-refractivity contribution in [3.8, 4) is 0 Å². The fourth-order valence-corrected chi connectivity index (χ4v) is 0.714. The summed E-state index contributed by atoms with van der Waals surface area (Å²) in [7, 11) is 0. The summed E-state index contributed by atoms with van der Waals surface area (Å²) in [6, 6.07) is 0. The Morgan fingerprint density at radius 1 is 1.58 bits per heavy atom. The zero-order chi connectivity index (χ0) is 9.56. The van der Waals surface area contributed by atoms with Crippen LogP contribution in [0, 0.1) is 0 Å². The highest BCUT2D eigenvalue weighted by molar-refractivity contribution is 5.88. The number of carboxylic acid groups (broad SMARTS) is 1. The second-order valence-corrected chi connectivity index (χ2v) is 2.40. The van der Waals surface area contributed by atoms with Crippen molar-refractivity contribution in [3.05, 3.63) is 36.0 Å². The van der Waals surface area contributed by atoms with Gasteiger partial charge in [-0.3, -0.25) is 0 Å². The normalized spacial score (nSPS) is 12.8. The van der Waals surface area contributed by atoms with Gasteiger partial charge >= 0.3 is 5.97 Å². The fourth-order valence-electron chi connectivity index (χ4n) is 0.714. The van der Waals surface area contributed by atoms with E-state index < -0.39 is 5.97 Å². The highest BCUT2D eigenvalue weighted by Crippen LogP contribution is 2.07. The Morgan fingerprint density at radius 3 is 2.50 bits per heavy atom. The van der Waals surface area contributed by atoms with Gasteiger partial charge in [-0.2, -0.15) is 0 Å². The molecule has 0 saturated carbocycles. The topological polar surface area (TPSA) is 37.3 Å². The summed E-state index contributed by atoms with van der Waals surface area (Å²) in [5.74, 6) is -0.898. The predicted octanol–water partition coefficient (Wildman–Crippen LogP) is 2.54. The smallest absolute Gasteiger partial charge is 0.331 e. The molecule has 0 unspecified atom stereocenters. The van der Waals surface area contributed by atoms with E-state index in [-0.39, 0.29) is 0 Å². The summed E-state index contributed by atoms with van der Waals surface area (Å²) in [5.41, 5.74) is 0.999. The Bertz CT molecular complexity index is 234. The molecule has 0 radical (unpaired) electrons. The Kier molecular flexibility index (Phi) is 4.77. The number of hydrogen-bond acceptors (Lipinski definition) is 1. The summed E-state index contributed by atoms with van der Waals surface area (Å²) in [5, 5.41) is 8.64. The van der Waals surface area contributed by atoms with Crippen LogP contribution in [0.5, 0.6) is 0 Å². The van der Waals surface area contributed by atoms with Gasteiger partial charge in [-0.25, -0.2) is 4.79 Å². The van der Waals surface area contributed by atoms with Crippen LogP contribution >= 0.6 is 0 Å². The Balaban J connectivity index is 4.73. The van der Waals surface area contributed by atoms with Gasteiger partial charge in [0.1, 0.15) is 0 Å². The van der Waals surface area contributed by atoms with Crippen molar-refractivity contribution >= 4 is 5.97 Å². The molecule has 0 saturated heterocycles. The fraction of sp³-hybridized carbons (Fsp3) is 0.300. The largest absolute Gasteiger partial charge is 0.478 e. The maximum atomic E-state index is 10.5. The standard InChI is InChI=1S/C10H14O2/c1-4-6-7-9(5-2)8(3)10(11)12/h5-7H,2,4H2,1,3H3,(H,11,12)/b7-6+,9-8-. The van der Waals surface area contributed by atoms with Crippen molar-refractivity contribution in [1.29, 1.82) is 0 Å². The highest BCUT2D eigenvalue weighted by atomic mass is 16.4. The van der Waals surface area contributed by atoms with E-state index in [0.29, 0.717) is 11.1 Å². The lowest BCUT2D eigenvalue weighted by atomic mass is 10.1. The molecule has 0 bridgehead atoms. The van der Waals surface area contributed by atoms with E-state index in [2.05, 4.69) is 6.58 Å². The molecule has 2 heteroatoms. The number of allylic oxidation sites excluding steroid dienone is 4. The SMILES string of the molecule is C=CC(/C=C/CC)=C(\C)C(=O)O. The average Bonchev–Trinajstić information content (AvgIpc) is 2.05. The minimum absolute atomic E-state index is 0.328. The molecule has 0 aliphatic heterocycles. The summed E-state index contributed by atoms with van der Waals surface area (Å²) < 4.78 is 0. The first kappa shape index (κ1) is 10.7. The van der Waals surface area contributed by atoms with Crippen molar-refractivity contribution in [2.45, 2.75) is 20.3 Å². The first-order chi connectivity index (χ1) is 5.63.